The molecule has 0 fully saturated rings. The predicted octanol–water partition coefficient (Wildman–Crippen LogP) is -0.477. The van der Waals surface area contributed by atoms with E-state index in [0.29, 0.717) is 5.92 Å². The van der Waals surface area contributed by atoms with Crippen LogP contribution in [0.2, 0.25) is 0 Å². The van der Waals surface area contributed by atoms with Crippen molar-refractivity contribution in [2.45, 2.75) is 12.8 Å². The van der Waals surface area contributed by atoms with E-state index in [-0.39, 0.29) is 0 Å². The number of nitrogens with zero attached hydrogens (tertiary/aromatic N) is 3. The maximum Gasteiger partial charge on any atom is 0.178 e. The number of H-pyrrole nitrogens is 1. The largest absolute Gasteiger partial charge is 0.319 e. The predicted molar refractivity (Wildman–Crippen MR) is 36.5 cm³/mol. The van der Waals surface area contributed by atoms with E-state index in [1.165, 1.54) is 0 Å². The highest BCUT2D eigenvalue weighted by Crippen LogP contribution is 2.04. The fourth-order valence-corrected chi connectivity index (χ4v) is 0.776. The molecule has 5 heteroatoms. The number of aromatic amines is 1. The van der Waals surface area contributed by atoms with Crippen LogP contribution in [0.3, 0.4) is 0 Å². The first kappa shape index (κ1) is 7.14. The Kier molecular flexibility index (Phi) is 2.33. The van der Waals surface area contributed by atoms with Crippen molar-refractivity contribution in [2.75, 3.05) is 13.6 Å². The zero-order valence-electron chi connectivity index (χ0n) is 6.13. The van der Waals surface area contributed by atoms with E-state index >= 15 is 0 Å². The summed E-state index contributed by atoms with van der Waals surface area (Å²) in [5.41, 5.74) is 0. The van der Waals surface area contributed by atoms with Gasteiger partial charge in [0.2, 0.25) is 0 Å². The molecule has 1 heterocycles. The Morgan fingerprint density at radius 1 is 1.70 bits per heavy atom. The van der Waals surface area contributed by atoms with Crippen molar-refractivity contribution >= 4 is 0 Å². The first-order valence-corrected chi connectivity index (χ1v) is 3.22. The molecule has 56 valence electrons. The quantitative estimate of drug-likeness (QED) is 0.596. The van der Waals surface area contributed by atoms with Crippen LogP contribution in [0.5, 0.6) is 0 Å². The van der Waals surface area contributed by atoms with Gasteiger partial charge in [0, 0.05) is 12.5 Å². The van der Waals surface area contributed by atoms with E-state index in [1.807, 2.05) is 14.0 Å². The second-order valence-corrected chi connectivity index (χ2v) is 2.23. The molecular weight excluding hydrogens is 130 g/mol. The van der Waals surface area contributed by atoms with Gasteiger partial charge in [-0.25, -0.2) is 0 Å². The molecule has 0 amide bonds. The topological polar surface area (TPSA) is 66.5 Å². The molecule has 0 aliphatic rings. The van der Waals surface area contributed by atoms with Crippen LogP contribution < -0.4 is 5.32 Å². The average Bonchev–Trinajstić information content (AvgIpc) is 2.38. The Hall–Kier alpha value is -0.970. The molecule has 0 saturated heterocycles. The summed E-state index contributed by atoms with van der Waals surface area (Å²) < 4.78 is 0. The number of tetrazole rings is 1. The first-order valence-electron chi connectivity index (χ1n) is 3.22. The van der Waals surface area contributed by atoms with Crippen molar-refractivity contribution in [2.24, 2.45) is 0 Å². The minimum Gasteiger partial charge on any atom is -0.319 e. The lowest BCUT2D eigenvalue weighted by Gasteiger charge is -2.02. The molecule has 0 spiro atoms. The minimum absolute atomic E-state index is 0.323. The molecule has 10 heavy (non-hydrogen) atoms. The third kappa shape index (κ3) is 1.51. The highest BCUT2D eigenvalue weighted by atomic mass is 15.5. The van der Waals surface area contributed by atoms with Gasteiger partial charge in [0.1, 0.15) is 0 Å². The van der Waals surface area contributed by atoms with Crippen LogP contribution in [0.25, 0.3) is 0 Å². The summed E-state index contributed by atoms with van der Waals surface area (Å²) in [5.74, 6) is 1.08. The van der Waals surface area contributed by atoms with Gasteiger partial charge in [-0.15, -0.1) is 10.2 Å². The Labute approximate surface area is 59.2 Å². The summed E-state index contributed by atoms with van der Waals surface area (Å²) in [4.78, 5) is 0. The lowest BCUT2D eigenvalue weighted by Crippen LogP contribution is -2.15. The van der Waals surface area contributed by atoms with Gasteiger partial charge < -0.3 is 5.32 Å². The minimum atomic E-state index is 0.323. The smallest absolute Gasteiger partial charge is 0.178 e. The van der Waals surface area contributed by atoms with Crippen LogP contribution >= 0.6 is 0 Å². The molecule has 0 radical (unpaired) electrons. The zero-order chi connectivity index (χ0) is 7.40. The molecule has 0 aliphatic heterocycles. The third-order valence-corrected chi connectivity index (χ3v) is 1.31. The van der Waals surface area contributed by atoms with E-state index in [0.717, 1.165) is 12.4 Å². The van der Waals surface area contributed by atoms with E-state index in [4.69, 9.17) is 0 Å². The number of likely N-dealkylation sites (N-methyl/N-ethyl adjacent to an activating group) is 1. The first-order chi connectivity index (χ1) is 4.84. The molecular formula is C5H11N5. The molecule has 1 aromatic rings. The average molecular weight is 141 g/mol. The fourth-order valence-electron chi connectivity index (χ4n) is 0.776. The monoisotopic (exact) mass is 141 g/mol. The molecule has 1 atom stereocenters. The Morgan fingerprint density at radius 2 is 2.50 bits per heavy atom. The molecule has 0 aromatic carbocycles. The molecule has 0 saturated carbocycles. The van der Waals surface area contributed by atoms with Crippen LogP contribution in [0.4, 0.5) is 0 Å². The van der Waals surface area contributed by atoms with Crippen molar-refractivity contribution in [1.29, 1.82) is 0 Å². The SMILES string of the molecule is CNC[C@H](C)c1nn[nH]n1. The molecule has 0 bridgehead atoms. The summed E-state index contributed by atoms with van der Waals surface area (Å²) in [6.45, 7) is 2.92. The standard InChI is InChI=1S/C5H11N5/c1-4(3-6-2)5-7-9-10-8-5/h4,6H,3H2,1-2H3,(H,7,8,9,10)/t4-/m0/s1. The second-order valence-electron chi connectivity index (χ2n) is 2.23. The van der Waals surface area contributed by atoms with E-state index in [2.05, 4.69) is 25.9 Å². The molecule has 1 aromatic heterocycles. The van der Waals surface area contributed by atoms with Crippen LogP contribution in [0, 0.1) is 0 Å². The van der Waals surface area contributed by atoms with Crippen LogP contribution in [0.15, 0.2) is 0 Å². The third-order valence-electron chi connectivity index (χ3n) is 1.31. The van der Waals surface area contributed by atoms with Gasteiger partial charge in [-0.05, 0) is 7.05 Å². The Balaban J connectivity index is 2.50. The molecule has 2 N–H and O–H groups in total. The van der Waals surface area contributed by atoms with Gasteiger partial charge >= 0.3 is 0 Å². The summed E-state index contributed by atoms with van der Waals surface area (Å²) >= 11 is 0. The summed E-state index contributed by atoms with van der Waals surface area (Å²) in [6, 6.07) is 0. The van der Waals surface area contributed by atoms with Gasteiger partial charge in [-0.3, -0.25) is 0 Å². The van der Waals surface area contributed by atoms with E-state index < -0.39 is 0 Å². The molecule has 1 rings (SSSR count). The molecule has 5 nitrogen and oxygen atoms in total. The van der Waals surface area contributed by atoms with Gasteiger partial charge in [-0.2, -0.15) is 5.21 Å². The number of aromatic nitrogens is 4. The summed E-state index contributed by atoms with van der Waals surface area (Å²) in [6.07, 6.45) is 0. The van der Waals surface area contributed by atoms with Crippen LogP contribution in [-0.4, -0.2) is 34.2 Å². The zero-order valence-corrected chi connectivity index (χ0v) is 6.13. The molecule has 0 unspecified atom stereocenters. The highest BCUT2D eigenvalue weighted by molar-refractivity contribution is 4.88. The van der Waals surface area contributed by atoms with E-state index in [9.17, 15) is 0 Å². The Morgan fingerprint density at radius 3 is 3.00 bits per heavy atom. The highest BCUT2D eigenvalue weighted by Gasteiger charge is 2.07. The number of hydrogen-bond acceptors (Lipinski definition) is 4. The van der Waals surface area contributed by atoms with Gasteiger partial charge in [0.15, 0.2) is 5.82 Å². The normalized spacial score (nSPS) is 13.4. The van der Waals surface area contributed by atoms with E-state index in [1.54, 1.807) is 0 Å². The van der Waals surface area contributed by atoms with Gasteiger partial charge in [0.05, 0.1) is 0 Å². The van der Waals surface area contributed by atoms with Crippen molar-refractivity contribution in [3.05, 3.63) is 5.82 Å². The van der Waals surface area contributed by atoms with Crippen molar-refractivity contribution < 1.29 is 0 Å². The van der Waals surface area contributed by atoms with Crippen LogP contribution in [0.1, 0.15) is 18.7 Å². The fraction of sp³-hybridized carbons (Fsp3) is 0.800. The lowest BCUT2D eigenvalue weighted by atomic mass is 10.2. The van der Waals surface area contributed by atoms with Crippen molar-refractivity contribution in [3.63, 3.8) is 0 Å². The summed E-state index contributed by atoms with van der Waals surface area (Å²) in [5, 5.41) is 16.6. The Bertz CT molecular complexity index is 170. The maximum absolute atomic E-state index is 3.85. The van der Waals surface area contributed by atoms with Crippen molar-refractivity contribution in [3.8, 4) is 0 Å². The maximum atomic E-state index is 3.85. The van der Waals surface area contributed by atoms with Crippen LogP contribution in [-0.2, 0) is 0 Å². The van der Waals surface area contributed by atoms with Gasteiger partial charge in [0.25, 0.3) is 0 Å². The van der Waals surface area contributed by atoms with Gasteiger partial charge in [-0.1, -0.05) is 12.1 Å². The number of nitrogens with one attached hydrogen (secondary N) is 2. The number of hydrogen-bond donors (Lipinski definition) is 2. The van der Waals surface area contributed by atoms with Crippen molar-refractivity contribution in [1.82, 2.24) is 25.9 Å². The number of rotatable bonds is 3. The second kappa shape index (κ2) is 3.26. The molecule has 0 aliphatic carbocycles. The lowest BCUT2D eigenvalue weighted by molar-refractivity contribution is 0.642. The summed E-state index contributed by atoms with van der Waals surface area (Å²) in [7, 11) is 1.90.